The van der Waals surface area contributed by atoms with E-state index >= 15 is 0 Å². The smallest absolute Gasteiger partial charge is 0.257 e. The second kappa shape index (κ2) is 10.8. The van der Waals surface area contributed by atoms with E-state index < -0.39 is 0 Å². The van der Waals surface area contributed by atoms with Crippen molar-refractivity contribution < 1.29 is 14.3 Å². The van der Waals surface area contributed by atoms with E-state index in [4.69, 9.17) is 17.0 Å². The molecule has 3 N–H and O–H groups in total. The zero-order valence-electron chi connectivity index (χ0n) is 18.0. The van der Waals surface area contributed by atoms with Crippen molar-refractivity contribution >= 4 is 34.8 Å². The molecule has 2 amide bonds. The van der Waals surface area contributed by atoms with Crippen LogP contribution in [0.1, 0.15) is 33.6 Å². The van der Waals surface area contributed by atoms with E-state index in [0.29, 0.717) is 23.4 Å². The lowest BCUT2D eigenvalue weighted by atomic mass is 10.0. The molecule has 7 heteroatoms. The van der Waals surface area contributed by atoms with Crippen molar-refractivity contribution in [1.29, 1.82) is 0 Å². The second-order valence-corrected chi connectivity index (χ2v) is 8.15. The molecule has 0 aromatic heterocycles. The maximum absolute atomic E-state index is 12.7. The summed E-state index contributed by atoms with van der Waals surface area (Å²) < 4.78 is 5.55. The molecule has 1 heterocycles. The van der Waals surface area contributed by atoms with Gasteiger partial charge in [0.25, 0.3) is 11.8 Å². The fourth-order valence-corrected chi connectivity index (χ4v) is 3.87. The summed E-state index contributed by atoms with van der Waals surface area (Å²) in [6.45, 7) is 1.20. The number of amides is 2. The number of hydrogen-bond donors (Lipinski definition) is 3. The van der Waals surface area contributed by atoms with Crippen LogP contribution in [-0.4, -0.2) is 36.2 Å². The molecule has 0 radical (unpaired) electrons. The molecule has 1 fully saturated rings. The molecule has 3 aromatic rings. The van der Waals surface area contributed by atoms with E-state index in [9.17, 15) is 9.59 Å². The van der Waals surface area contributed by atoms with E-state index in [1.807, 2.05) is 42.5 Å². The van der Waals surface area contributed by atoms with Gasteiger partial charge in [-0.15, -0.1) is 0 Å². The number of rotatable bonds is 6. The first kappa shape index (κ1) is 22.6. The Morgan fingerprint density at radius 1 is 0.879 bits per heavy atom. The number of benzene rings is 3. The van der Waals surface area contributed by atoms with Crippen molar-refractivity contribution in [3.63, 3.8) is 0 Å². The third-order valence-corrected chi connectivity index (χ3v) is 5.62. The summed E-state index contributed by atoms with van der Waals surface area (Å²) in [5.74, 6) is -0.549. The fourth-order valence-electron chi connectivity index (χ4n) is 3.67. The minimum atomic E-state index is -0.326. The Morgan fingerprint density at radius 2 is 1.58 bits per heavy atom. The molecule has 1 atom stereocenters. The monoisotopic (exact) mass is 459 g/mol. The van der Waals surface area contributed by atoms with Crippen molar-refractivity contribution in [2.24, 2.45) is 0 Å². The van der Waals surface area contributed by atoms with E-state index in [2.05, 4.69) is 16.0 Å². The number of carbonyl (C=O) groups excluding carboxylic acids is 2. The summed E-state index contributed by atoms with van der Waals surface area (Å²) in [4.78, 5) is 25.3. The second-order valence-electron chi connectivity index (χ2n) is 7.74. The zero-order chi connectivity index (χ0) is 23.0. The summed E-state index contributed by atoms with van der Waals surface area (Å²) in [5.41, 5.74) is 3.56. The van der Waals surface area contributed by atoms with Crippen molar-refractivity contribution in [2.45, 2.75) is 18.9 Å². The molecule has 1 saturated heterocycles. The van der Waals surface area contributed by atoms with Crippen LogP contribution in [0, 0.1) is 0 Å². The molecule has 6 nitrogen and oxygen atoms in total. The SMILES string of the molecule is O=C(NC(=S)Nc1ccccc1C(=O)NCC1CCCO1)c1ccc(-c2ccccc2)cc1. The van der Waals surface area contributed by atoms with Gasteiger partial charge in [0.15, 0.2) is 5.11 Å². The van der Waals surface area contributed by atoms with Crippen LogP contribution in [-0.2, 0) is 4.74 Å². The summed E-state index contributed by atoms with van der Waals surface area (Å²) in [6, 6.07) is 24.3. The van der Waals surface area contributed by atoms with Crippen LogP contribution in [0.2, 0.25) is 0 Å². The number of ether oxygens (including phenoxy) is 1. The van der Waals surface area contributed by atoms with Gasteiger partial charge < -0.3 is 15.4 Å². The third-order valence-electron chi connectivity index (χ3n) is 5.42. The van der Waals surface area contributed by atoms with Gasteiger partial charge in [0.05, 0.1) is 17.4 Å². The van der Waals surface area contributed by atoms with Crippen molar-refractivity contribution in [3.8, 4) is 11.1 Å². The summed E-state index contributed by atoms with van der Waals surface area (Å²) in [5, 5.41) is 8.66. The van der Waals surface area contributed by atoms with Gasteiger partial charge in [-0.3, -0.25) is 14.9 Å². The third kappa shape index (κ3) is 6.03. The van der Waals surface area contributed by atoms with Gasteiger partial charge in [-0.25, -0.2) is 0 Å². The topological polar surface area (TPSA) is 79.5 Å². The molecule has 0 spiro atoms. The number of nitrogens with one attached hydrogen (secondary N) is 3. The summed E-state index contributed by atoms with van der Waals surface area (Å²) in [6.07, 6.45) is 2.02. The highest BCUT2D eigenvalue weighted by Crippen LogP contribution is 2.19. The van der Waals surface area contributed by atoms with E-state index in [1.165, 1.54) is 0 Å². The highest BCUT2D eigenvalue weighted by molar-refractivity contribution is 7.80. The number of thiocarbonyl (C=S) groups is 1. The van der Waals surface area contributed by atoms with E-state index in [1.54, 1.807) is 36.4 Å². The molecule has 1 aliphatic rings. The fraction of sp³-hybridized carbons (Fsp3) is 0.192. The molecule has 1 unspecified atom stereocenters. The Hall–Kier alpha value is -3.55. The van der Waals surface area contributed by atoms with Crippen LogP contribution in [0.4, 0.5) is 5.69 Å². The Balaban J connectivity index is 1.35. The maximum atomic E-state index is 12.7. The molecule has 0 aliphatic carbocycles. The van der Waals surface area contributed by atoms with Crippen LogP contribution >= 0.6 is 12.2 Å². The largest absolute Gasteiger partial charge is 0.376 e. The number of anilines is 1. The van der Waals surface area contributed by atoms with Crippen LogP contribution < -0.4 is 16.0 Å². The number of carbonyl (C=O) groups is 2. The van der Waals surface area contributed by atoms with Gasteiger partial charge in [0.1, 0.15) is 0 Å². The van der Waals surface area contributed by atoms with Crippen LogP contribution in [0.3, 0.4) is 0 Å². The average Bonchev–Trinajstić information content (AvgIpc) is 3.37. The van der Waals surface area contributed by atoms with Crippen LogP contribution in [0.25, 0.3) is 11.1 Å². The molecule has 33 heavy (non-hydrogen) atoms. The molecule has 168 valence electrons. The van der Waals surface area contributed by atoms with Gasteiger partial charge in [-0.05, 0) is 60.5 Å². The van der Waals surface area contributed by atoms with Crippen molar-refractivity contribution in [3.05, 3.63) is 90.0 Å². The molecule has 0 saturated carbocycles. The van der Waals surface area contributed by atoms with Crippen LogP contribution in [0.5, 0.6) is 0 Å². The van der Waals surface area contributed by atoms with E-state index in [0.717, 1.165) is 30.6 Å². The lowest BCUT2D eigenvalue weighted by Gasteiger charge is -2.15. The van der Waals surface area contributed by atoms with E-state index in [-0.39, 0.29) is 23.0 Å². The Bertz CT molecular complexity index is 1130. The predicted octanol–water partition coefficient (Wildman–Crippen LogP) is 4.39. The van der Waals surface area contributed by atoms with Gasteiger partial charge in [-0.2, -0.15) is 0 Å². The van der Waals surface area contributed by atoms with Gasteiger partial charge in [-0.1, -0.05) is 54.6 Å². The van der Waals surface area contributed by atoms with Crippen molar-refractivity contribution in [2.75, 3.05) is 18.5 Å². The molecule has 4 rings (SSSR count). The molecular formula is C26H25N3O3S. The highest BCUT2D eigenvalue weighted by atomic mass is 32.1. The molecule has 3 aromatic carbocycles. The minimum Gasteiger partial charge on any atom is -0.376 e. The first-order chi connectivity index (χ1) is 16.1. The van der Waals surface area contributed by atoms with Gasteiger partial charge in [0.2, 0.25) is 0 Å². The zero-order valence-corrected chi connectivity index (χ0v) is 18.9. The van der Waals surface area contributed by atoms with Gasteiger partial charge in [0, 0.05) is 18.7 Å². The lowest BCUT2D eigenvalue weighted by molar-refractivity contribution is 0.0858. The normalized spacial score (nSPS) is 15.0. The van der Waals surface area contributed by atoms with Crippen LogP contribution in [0.15, 0.2) is 78.9 Å². The molecular weight excluding hydrogens is 434 g/mol. The van der Waals surface area contributed by atoms with Gasteiger partial charge >= 0.3 is 0 Å². The van der Waals surface area contributed by atoms with Crippen molar-refractivity contribution in [1.82, 2.24) is 10.6 Å². The lowest BCUT2D eigenvalue weighted by Crippen LogP contribution is -2.35. The standard InChI is InChI=1S/C26H25N3O3S/c30-24(20-14-12-19(13-15-20)18-7-2-1-3-8-18)29-26(33)28-23-11-5-4-10-22(23)25(31)27-17-21-9-6-16-32-21/h1-5,7-8,10-15,21H,6,9,16-17H2,(H,27,31)(H2,28,29,30,33). The average molecular weight is 460 g/mol. The Labute approximate surface area is 198 Å². The number of hydrogen-bond acceptors (Lipinski definition) is 4. The minimum absolute atomic E-state index is 0.0581. The number of para-hydroxylation sites is 1. The highest BCUT2D eigenvalue weighted by Gasteiger charge is 2.18. The molecule has 1 aliphatic heterocycles. The summed E-state index contributed by atoms with van der Waals surface area (Å²) in [7, 11) is 0. The summed E-state index contributed by atoms with van der Waals surface area (Å²) >= 11 is 5.32. The first-order valence-corrected chi connectivity index (χ1v) is 11.3. The first-order valence-electron chi connectivity index (χ1n) is 10.9. The maximum Gasteiger partial charge on any atom is 0.257 e. The Kier molecular flexibility index (Phi) is 7.44. The predicted molar refractivity (Wildman–Crippen MR) is 133 cm³/mol. The quantitative estimate of drug-likeness (QED) is 0.477. The molecule has 0 bridgehead atoms. The Morgan fingerprint density at radius 3 is 2.30 bits per heavy atom.